The van der Waals surface area contributed by atoms with Gasteiger partial charge in [-0.05, 0) is 6.92 Å². The maximum Gasteiger partial charge on any atom is 0.249 e. The van der Waals surface area contributed by atoms with E-state index >= 15 is 0 Å². The number of nitrogens with one attached hydrogen (secondary N) is 1. The number of rotatable bonds is 0. The standard InChI is InChI=1S/C8H10N4O/c1-5-8(13)12(2)6-3-9-4-10-7(6)11-5/h3-5H,1-2H3,(H,9,10,11). The fourth-order valence-corrected chi connectivity index (χ4v) is 1.35. The Bertz CT molecular complexity index is 352. The minimum absolute atomic E-state index is 0.0299. The Morgan fingerprint density at radius 3 is 3.15 bits per heavy atom. The van der Waals surface area contributed by atoms with E-state index in [1.54, 1.807) is 18.1 Å². The Labute approximate surface area is 75.8 Å². The first-order valence-electron chi connectivity index (χ1n) is 4.04. The second-order valence-electron chi connectivity index (χ2n) is 3.02. The van der Waals surface area contributed by atoms with Crippen LogP contribution in [0.15, 0.2) is 12.5 Å². The van der Waals surface area contributed by atoms with E-state index in [9.17, 15) is 4.79 Å². The third-order valence-electron chi connectivity index (χ3n) is 2.11. The number of aromatic nitrogens is 2. The highest BCUT2D eigenvalue weighted by atomic mass is 16.2. The maximum atomic E-state index is 11.5. The average molecular weight is 178 g/mol. The molecule has 1 N–H and O–H groups in total. The van der Waals surface area contributed by atoms with Gasteiger partial charge in [-0.15, -0.1) is 0 Å². The number of carbonyl (C=O) groups is 1. The van der Waals surface area contributed by atoms with Crippen LogP contribution in [-0.4, -0.2) is 29.0 Å². The lowest BCUT2D eigenvalue weighted by Crippen LogP contribution is -2.43. The molecule has 0 bridgehead atoms. The van der Waals surface area contributed by atoms with Gasteiger partial charge in [0.25, 0.3) is 0 Å². The lowest BCUT2D eigenvalue weighted by Gasteiger charge is -2.29. The fraction of sp³-hybridized carbons (Fsp3) is 0.375. The van der Waals surface area contributed by atoms with Gasteiger partial charge in [-0.3, -0.25) is 4.79 Å². The molecule has 1 aliphatic heterocycles. The normalized spacial score (nSPS) is 20.9. The molecule has 5 nitrogen and oxygen atoms in total. The van der Waals surface area contributed by atoms with Crippen molar-refractivity contribution in [3.63, 3.8) is 0 Å². The number of carbonyl (C=O) groups excluding carboxylic acids is 1. The summed E-state index contributed by atoms with van der Waals surface area (Å²) in [6, 6.07) is -0.215. The SMILES string of the molecule is CC1Nc2ncncc2N(C)C1=O. The van der Waals surface area contributed by atoms with E-state index in [0.717, 1.165) is 5.69 Å². The number of amides is 1. The third kappa shape index (κ3) is 1.12. The molecule has 0 spiro atoms. The van der Waals surface area contributed by atoms with Crippen LogP contribution in [0, 0.1) is 0 Å². The molecule has 0 saturated carbocycles. The Balaban J connectivity index is 2.49. The van der Waals surface area contributed by atoms with E-state index in [4.69, 9.17) is 0 Å². The summed E-state index contributed by atoms with van der Waals surface area (Å²) in [7, 11) is 1.72. The summed E-state index contributed by atoms with van der Waals surface area (Å²) in [6.07, 6.45) is 3.08. The van der Waals surface area contributed by atoms with Crippen molar-refractivity contribution in [3.05, 3.63) is 12.5 Å². The number of fused-ring (bicyclic) bond motifs is 1. The number of hydrogen-bond donors (Lipinski definition) is 1. The minimum Gasteiger partial charge on any atom is -0.357 e. The van der Waals surface area contributed by atoms with Crippen LogP contribution < -0.4 is 10.2 Å². The molecule has 0 saturated heterocycles. The quantitative estimate of drug-likeness (QED) is 0.618. The highest BCUT2D eigenvalue weighted by Gasteiger charge is 2.27. The molecule has 1 aromatic heterocycles. The van der Waals surface area contributed by atoms with Gasteiger partial charge in [0.2, 0.25) is 5.91 Å². The van der Waals surface area contributed by atoms with Crippen LogP contribution >= 0.6 is 0 Å². The molecular formula is C8H10N4O. The monoisotopic (exact) mass is 178 g/mol. The van der Waals surface area contributed by atoms with Gasteiger partial charge in [0.15, 0.2) is 5.82 Å². The fourth-order valence-electron chi connectivity index (χ4n) is 1.35. The van der Waals surface area contributed by atoms with Crippen molar-refractivity contribution in [2.45, 2.75) is 13.0 Å². The molecule has 1 aromatic rings. The number of anilines is 2. The lowest BCUT2D eigenvalue weighted by atomic mass is 10.2. The van der Waals surface area contributed by atoms with Crippen molar-refractivity contribution < 1.29 is 4.79 Å². The molecule has 2 heterocycles. The number of nitrogens with zero attached hydrogens (tertiary/aromatic N) is 3. The molecular weight excluding hydrogens is 168 g/mol. The van der Waals surface area contributed by atoms with E-state index in [1.165, 1.54) is 6.33 Å². The lowest BCUT2D eigenvalue weighted by molar-refractivity contribution is -0.118. The number of hydrogen-bond acceptors (Lipinski definition) is 4. The zero-order valence-electron chi connectivity index (χ0n) is 7.48. The van der Waals surface area contributed by atoms with Crippen LogP contribution in [0.25, 0.3) is 0 Å². The summed E-state index contributed by atoms with van der Waals surface area (Å²) in [4.78, 5) is 21.0. The summed E-state index contributed by atoms with van der Waals surface area (Å²) >= 11 is 0. The van der Waals surface area contributed by atoms with Gasteiger partial charge < -0.3 is 10.2 Å². The summed E-state index contributed by atoms with van der Waals surface area (Å²) in [5, 5.41) is 3.00. The van der Waals surface area contributed by atoms with Gasteiger partial charge in [-0.25, -0.2) is 9.97 Å². The topological polar surface area (TPSA) is 58.1 Å². The second kappa shape index (κ2) is 2.69. The van der Waals surface area contributed by atoms with Crippen LogP contribution in [0.4, 0.5) is 11.5 Å². The van der Waals surface area contributed by atoms with Crippen LogP contribution in [0.1, 0.15) is 6.92 Å². The Morgan fingerprint density at radius 1 is 1.62 bits per heavy atom. The van der Waals surface area contributed by atoms with E-state index in [2.05, 4.69) is 15.3 Å². The predicted octanol–water partition coefficient (Wildman–Crippen LogP) is 0.253. The van der Waals surface area contributed by atoms with Crippen LogP contribution in [0.2, 0.25) is 0 Å². The molecule has 1 unspecified atom stereocenters. The molecule has 5 heteroatoms. The van der Waals surface area contributed by atoms with Gasteiger partial charge in [0.1, 0.15) is 18.1 Å². The molecule has 0 fully saturated rings. The van der Waals surface area contributed by atoms with Crippen molar-refractivity contribution >= 4 is 17.4 Å². The van der Waals surface area contributed by atoms with Gasteiger partial charge in [0.05, 0.1) is 6.20 Å². The third-order valence-corrected chi connectivity index (χ3v) is 2.11. The Kier molecular flexibility index (Phi) is 1.65. The molecule has 0 radical (unpaired) electrons. The van der Waals surface area contributed by atoms with Crippen molar-refractivity contribution in [1.82, 2.24) is 9.97 Å². The minimum atomic E-state index is -0.215. The van der Waals surface area contributed by atoms with Crippen molar-refractivity contribution in [1.29, 1.82) is 0 Å². The molecule has 13 heavy (non-hydrogen) atoms. The second-order valence-corrected chi connectivity index (χ2v) is 3.02. The molecule has 1 aliphatic rings. The van der Waals surface area contributed by atoms with E-state index in [1.807, 2.05) is 6.92 Å². The van der Waals surface area contributed by atoms with Gasteiger partial charge >= 0.3 is 0 Å². The molecule has 68 valence electrons. The first-order chi connectivity index (χ1) is 6.20. The van der Waals surface area contributed by atoms with E-state index in [-0.39, 0.29) is 11.9 Å². The maximum absolute atomic E-state index is 11.5. The molecule has 0 aliphatic carbocycles. The zero-order valence-corrected chi connectivity index (χ0v) is 7.48. The van der Waals surface area contributed by atoms with Gasteiger partial charge in [-0.2, -0.15) is 0 Å². The first-order valence-corrected chi connectivity index (χ1v) is 4.04. The number of likely N-dealkylation sites (N-methyl/N-ethyl adjacent to an activating group) is 1. The predicted molar refractivity (Wildman–Crippen MR) is 48.5 cm³/mol. The van der Waals surface area contributed by atoms with Gasteiger partial charge in [0, 0.05) is 7.05 Å². The largest absolute Gasteiger partial charge is 0.357 e. The van der Waals surface area contributed by atoms with Crippen LogP contribution in [0.3, 0.4) is 0 Å². The molecule has 2 rings (SSSR count). The summed E-state index contributed by atoms with van der Waals surface area (Å²) in [5.74, 6) is 0.743. The smallest absolute Gasteiger partial charge is 0.249 e. The zero-order chi connectivity index (χ0) is 9.42. The van der Waals surface area contributed by atoms with E-state index in [0.29, 0.717) is 5.82 Å². The first kappa shape index (κ1) is 7.97. The van der Waals surface area contributed by atoms with Crippen molar-refractivity contribution in [2.24, 2.45) is 0 Å². The highest BCUT2D eigenvalue weighted by molar-refractivity contribution is 6.03. The Hall–Kier alpha value is -1.65. The van der Waals surface area contributed by atoms with Crippen LogP contribution in [0.5, 0.6) is 0 Å². The average Bonchev–Trinajstić information content (AvgIpc) is 2.15. The highest BCUT2D eigenvalue weighted by Crippen LogP contribution is 2.26. The molecule has 0 aromatic carbocycles. The van der Waals surface area contributed by atoms with Crippen LogP contribution in [-0.2, 0) is 4.79 Å². The molecule has 1 amide bonds. The summed E-state index contributed by atoms with van der Waals surface area (Å²) in [6.45, 7) is 1.81. The summed E-state index contributed by atoms with van der Waals surface area (Å²) < 4.78 is 0. The summed E-state index contributed by atoms with van der Waals surface area (Å²) in [5.41, 5.74) is 0.727. The van der Waals surface area contributed by atoms with Gasteiger partial charge in [-0.1, -0.05) is 0 Å². The van der Waals surface area contributed by atoms with Crippen molar-refractivity contribution in [2.75, 3.05) is 17.3 Å². The molecule has 1 atom stereocenters. The van der Waals surface area contributed by atoms with Crippen molar-refractivity contribution in [3.8, 4) is 0 Å². The van der Waals surface area contributed by atoms with E-state index < -0.39 is 0 Å². The Morgan fingerprint density at radius 2 is 2.38 bits per heavy atom.